The Balaban J connectivity index is 4.78. The van der Waals surface area contributed by atoms with E-state index in [4.69, 9.17) is 0 Å². The molecule has 0 spiro atoms. The van der Waals surface area contributed by atoms with Crippen molar-refractivity contribution in [3.05, 3.63) is 0 Å². The van der Waals surface area contributed by atoms with Gasteiger partial charge in [0.25, 0.3) is 0 Å². The molecule has 0 heterocycles. The topological polar surface area (TPSA) is 46.2 Å². The number of rotatable bonds is 6. The van der Waals surface area contributed by atoms with Crippen LogP contribution in [-0.2, 0) is 10.0 Å². The normalized spacial score (nSPS) is 13.6. The molecule has 0 amide bonds. The maximum atomic E-state index is 11.7. The summed E-state index contributed by atoms with van der Waals surface area (Å²) < 4.78 is 26.3. The fourth-order valence-corrected chi connectivity index (χ4v) is 2.66. The van der Waals surface area contributed by atoms with Crippen molar-refractivity contribution in [3.63, 3.8) is 0 Å². The van der Waals surface area contributed by atoms with Crippen LogP contribution in [0.4, 0.5) is 0 Å². The molecule has 0 bridgehead atoms. The minimum atomic E-state index is -3.14. The molecular formula is C10H23NO2S. The zero-order valence-corrected chi connectivity index (χ0v) is 10.7. The average Bonchev–Trinajstić information content (AvgIpc) is 2.14. The summed E-state index contributed by atoms with van der Waals surface area (Å²) in [5, 5.41) is -0.355. The molecule has 0 aliphatic heterocycles. The Morgan fingerprint density at radius 2 is 1.43 bits per heavy atom. The second-order valence-corrected chi connectivity index (χ2v) is 6.27. The smallest absolute Gasteiger partial charge is 0.212 e. The van der Waals surface area contributed by atoms with Crippen LogP contribution >= 0.6 is 0 Å². The molecule has 0 saturated carbocycles. The molecule has 0 atom stereocenters. The lowest BCUT2D eigenvalue weighted by atomic mass is 9.91. The third-order valence-electron chi connectivity index (χ3n) is 3.01. The van der Waals surface area contributed by atoms with Crippen LogP contribution in [0.25, 0.3) is 0 Å². The van der Waals surface area contributed by atoms with E-state index in [0.717, 1.165) is 19.3 Å². The van der Waals surface area contributed by atoms with E-state index in [1.54, 1.807) is 13.8 Å². The van der Waals surface area contributed by atoms with Crippen molar-refractivity contribution in [2.75, 3.05) is 0 Å². The van der Waals surface area contributed by atoms with Gasteiger partial charge in [-0.15, -0.1) is 0 Å². The van der Waals surface area contributed by atoms with Crippen molar-refractivity contribution in [1.82, 2.24) is 4.72 Å². The van der Waals surface area contributed by atoms with E-state index in [-0.39, 0.29) is 10.8 Å². The van der Waals surface area contributed by atoms with E-state index in [1.165, 1.54) is 0 Å². The predicted octanol–water partition coefficient (Wildman–Crippen LogP) is 2.28. The summed E-state index contributed by atoms with van der Waals surface area (Å²) in [6.45, 7) is 9.48. The van der Waals surface area contributed by atoms with Crippen molar-refractivity contribution < 1.29 is 8.42 Å². The molecule has 0 rings (SSSR count). The average molecular weight is 221 g/mol. The lowest BCUT2D eigenvalue weighted by Crippen LogP contribution is -2.49. The van der Waals surface area contributed by atoms with Crippen molar-refractivity contribution in [1.29, 1.82) is 0 Å². The second kappa shape index (κ2) is 5.12. The van der Waals surface area contributed by atoms with E-state index in [0.29, 0.717) is 0 Å². The van der Waals surface area contributed by atoms with Crippen LogP contribution in [-0.4, -0.2) is 19.2 Å². The molecule has 0 aromatic carbocycles. The standard InChI is InChI=1S/C10H23NO2S/c1-6-10(7-2,8-3)11-14(12,13)9(4)5/h9,11H,6-8H2,1-5H3. The van der Waals surface area contributed by atoms with Gasteiger partial charge in [0.05, 0.1) is 5.25 Å². The molecule has 0 saturated heterocycles. The Morgan fingerprint density at radius 1 is 1.07 bits per heavy atom. The van der Waals surface area contributed by atoms with E-state index in [1.807, 2.05) is 20.8 Å². The minimum Gasteiger partial charge on any atom is -0.212 e. The van der Waals surface area contributed by atoms with Gasteiger partial charge in [-0.1, -0.05) is 20.8 Å². The highest BCUT2D eigenvalue weighted by atomic mass is 32.2. The summed E-state index contributed by atoms with van der Waals surface area (Å²) in [5.41, 5.74) is -0.247. The first kappa shape index (κ1) is 13.9. The van der Waals surface area contributed by atoms with Crippen LogP contribution in [0.15, 0.2) is 0 Å². The third kappa shape index (κ3) is 3.24. The van der Waals surface area contributed by atoms with Gasteiger partial charge in [0.1, 0.15) is 0 Å². The predicted molar refractivity (Wildman–Crippen MR) is 60.8 cm³/mol. The highest BCUT2D eigenvalue weighted by Crippen LogP contribution is 2.21. The molecule has 0 fully saturated rings. The quantitative estimate of drug-likeness (QED) is 0.748. The molecule has 0 radical (unpaired) electrons. The Kier molecular flexibility index (Phi) is 5.09. The summed E-state index contributed by atoms with van der Waals surface area (Å²) in [7, 11) is -3.14. The Morgan fingerprint density at radius 3 is 1.64 bits per heavy atom. The van der Waals surface area contributed by atoms with Gasteiger partial charge in [-0.3, -0.25) is 0 Å². The largest absolute Gasteiger partial charge is 0.214 e. The van der Waals surface area contributed by atoms with Gasteiger partial charge in [0.15, 0.2) is 0 Å². The molecule has 86 valence electrons. The fraction of sp³-hybridized carbons (Fsp3) is 1.00. The Bertz CT molecular complexity index is 245. The lowest BCUT2D eigenvalue weighted by Gasteiger charge is -2.32. The van der Waals surface area contributed by atoms with Crippen LogP contribution in [0.5, 0.6) is 0 Å². The summed E-state index contributed by atoms with van der Waals surface area (Å²) >= 11 is 0. The van der Waals surface area contributed by atoms with Crippen molar-refractivity contribution in [2.45, 2.75) is 64.7 Å². The number of sulfonamides is 1. The first-order chi connectivity index (χ1) is 6.33. The Hall–Kier alpha value is -0.0900. The number of hydrogen-bond acceptors (Lipinski definition) is 2. The molecule has 14 heavy (non-hydrogen) atoms. The van der Waals surface area contributed by atoms with Gasteiger partial charge < -0.3 is 0 Å². The summed E-state index contributed by atoms with van der Waals surface area (Å²) in [5.74, 6) is 0. The number of hydrogen-bond donors (Lipinski definition) is 1. The molecule has 3 nitrogen and oxygen atoms in total. The van der Waals surface area contributed by atoms with Crippen LogP contribution < -0.4 is 4.72 Å². The Labute approximate surface area is 88.3 Å². The summed E-state index contributed by atoms with van der Waals surface area (Å²) in [4.78, 5) is 0. The second-order valence-electron chi connectivity index (χ2n) is 4.04. The van der Waals surface area contributed by atoms with Crippen LogP contribution in [0.2, 0.25) is 0 Å². The van der Waals surface area contributed by atoms with Gasteiger partial charge in [-0.2, -0.15) is 0 Å². The van der Waals surface area contributed by atoms with E-state index >= 15 is 0 Å². The van der Waals surface area contributed by atoms with Gasteiger partial charge in [0.2, 0.25) is 10.0 Å². The molecule has 0 aromatic rings. The van der Waals surface area contributed by atoms with Crippen molar-refractivity contribution >= 4 is 10.0 Å². The molecule has 4 heteroatoms. The minimum absolute atomic E-state index is 0.247. The highest BCUT2D eigenvalue weighted by molar-refractivity contribution is 7.90. The van der Waals surface area contributed by atoms with E-state index < -0.39 is 10.0 Å². The molecule has 0 aliphatic carbocycles. The molecule has 1 N–H and O–H groups in total. The van der Waals surface area contributed by atoms with Gasteiger partial charge in [0, 0.05) is 5.54 Å². The van der Waals surface area contributed by atoms with E-state index in [9.17, 15) is 8.42 Å². The van der Waals surface area contributed by atoms with Crippen molar-refractivity contribution in [3.8, 4) is 0 Å². The maximum Gasteiger partial charge on any atom is 0.214 e. The zero-order valence-electron chi connectivity index (χ0n) is 9.92. The molecule has 0 unspecified atom stereocenters. The monoisotopic (exact) mass is 221 g/mol. The first-order valence-electron chi connectivity index (χ1n) is 5.36. The summed E-state index contributed by atoms with van der Waals surface area (Å²) in [6.07, 6.45) is 2.52. The van der Waals surface area contributed by atoms with Crippen LogP contribution in [0.1, 0.15) is 53.9 Å². The van der Waals surface area contributed by atoms with Gasteiger partial charge in [-0.05, 0) is 33.1 Å². The van der Waals surface area contributed by atoms with Gasteiger partial charge >= 0.3 is 0 Å². The number of nitrogens with one attached hydrogen (secondary N) is 1. The maximum absolute atomic E-state index is 11.7. The van der Waals surface area contributed by atoms with Gasteiger partial charge in [-0.25, -0.2) is 13.1 Å². The molecular weight excluding hydrogens is 198 g/mol. The van der Waals surface area contributed by atoms with Crippen molar-refractivity contribution in [2.24, 2.45) is 0 Å². The highest BCUT2D eigenvalue weighted by Gasteiger charge is 2.30. The van der Waals surface area contributed by atoms with Crippen LogP contribution in [0.3, 0.4) is 0 Å². The molecule has 0 aromatic heterocycles. The summed E-state index contributed by atoms with van der Waals surface area (Å²) in [6, 6.07) is 0. The lowest BCUT2D eigenvalue weighted by molar-refractivity contribution is 0.340. The fourth-order valence-electron chi connectivity index (χ4n) is 1.39. The van der Waals surface area contributed by atoms with Crippen LogP contribution in [0, 0.1) is 0 Å². The third-order valence-corrected chi connectivity index (χ3v) is 4.97. The SMILES string of the molecule is CCC(CC)(CC)NS(=O)(=O)C(C)C. The molecule has 0 aliphatic rings. The van der Waals surface area contributed by atoms with E-state index in [2.05, 4.69) is 4.72 Å². The first-order valence-corrected chi connectivity index (χ1v) is 6.91. The zero-order chi connectivity index (χ0) is 11.4.